The van der Waals surface area contributed by atoms with Crippen molar-refractivity contribution in [1.29, 1.82) is 0 Å². The van der Waals surface area contributed by atoms with E-state index in [0.29, 0.717) is 12.8 Å². The van der Waals surface area contributed by atoms with Gasteiger partial charge in [-0.05, 0) is 24.6 Å². The number of H-pyrrole nitrogens is 1. The van der Waals surface area contributed by atoms with Crippen LogP contribution in [0.4, 0.5) is 16.2 Å². The third-order valence-electron chi connectivity index (χ3n) is 6.98. The van der Waals surface area contributed by atoms with Crippen LogP contribution in [-0.2, 0) is 39.4 Å². The predicted octanol–water partition coefficient (Wildman–Crippen LogP) is 1.50. The van der Waals surface area contributed by atoms with E-state index in [2.05, 4.69) is 49.0 Å². The minimum absolute atomic E-state index is 0.00729. The van der Waals surface area contributed by atoms with Gasteiger partial charge in [0.2, 0.25) is 5.95 Å². The van der Waals surface area contributed by atoms with Gasteiger partial charge < -0.3 is 39.8 Å². The molecule has 23 heteroatoms. The Bertz CT molecular complexity index is 1870. The average Bonchev–Trinajstić information content (AvgIpc) is 3.71. The lowest BCUT2D eigenvalue weighted by molar-refractivity contribution is -0.0458. The van der Waals surface area contributed by atoms with Gasteiger partial charge in [0, 0.05) is 12.6 Å². The number of aromatic amines is 1. The Morgan fingerprint density at radius 2 is 1.91 bits per heavy atom. The third-order valence-corrected chi connectivity index (χ3v) is 9.42. The van der Waals surface area contributed by atoms with Crippen molar-refractivity contribution < 1.29 is 41.8 Å². The van der Waals surface area contributed by atoms with Crippen molar-refractivity contribution in [3.05, 3.63) is 35.0 Å². The fourth-order valence-corrected chi connectivity index (χ4v) is 7.20. The maximum Gasteiger partial charge on any atom is 0.386 e. The molecule has 0 spiro atoms. The van der Waals surface area contributed by atoms with Crippen molar-refractivity contribution in [1.82, 2.24) is 34.1 Å². The Labute approximate surface area is 256 Å². The van der Waals surface area contributed by atoms with Gasteiger partial charge in [0.05, 0.1) is 37.1 Å². The number of nitrogen functional groups attached to an aromatic ring is 2. The highest BCUT2D eigenvalue weighted by Gasteiger charge is 2.43. The number of fused-ring (bicyclic) bond motifs is 2. The molecule has 2 aliphatic rings. The van der Waals surface area contributed by atoms with Gasteiger partial charge in [0.1, 0.15) is 24.5 Å². The highest BCUT2D eigenvalue weighted by atomic mass is 32.7. The molecule has 238 valence electrons. The number of anilines is 2. The quantitative estimate of drug-likeness (QED) is 0.102. The van der Waals surface area contributed by atoms with E-state index in [1.807, 2.05) is 0 Å². The van der Waals surface area contributed by atoms with Crippen molar-refractivity contribution in [2.75, 3.05) is 24.7 Å². The number of hydrogen-bond acceptors (Lipinski definition) is 14. The first kappa shape index (κ1) is 31.4. The Kier molecular flexibility index (Phi) is 8.57. The number of imidazole rings is 1. The third kappa shape index (κ3) is 6.54. The number of aromatic nitrogens is 7. The van der Waals surface area contributed by atoms with Crippen LogP contribution in [0.2, 0.25) is 0 Å². The molecule has 7 N–H and O–H groups in total. The summed E-state index contributed by atoms with van der Waals surface area (Å²) in [5, 5.41) is 0.0903. The Hall–Kier alpha value is -2.55. The predicted molar refractivity (Wildman–Crippen MR) is 158 cm³/mol. The highest BCUT2D eigenvalue weighted by molar-refractivity contribution is 8.44. The van der Waals surface area contributed by atoms with E-state index in [0.717, 1.165) is 0 Å². The minimum Gasteiger partial charge on any atom is -0.383 e. The minimum atomic E-state index is -4.09. The van der Waals surface area contributed by atoms with Crippen molar-refractivity contribution in [3.63, 3.8) is 0 Å². The average molecular weight is 694 g/mol. The molecule has 6 heterocycles. The summed E-state index contributed by atoms with van der Waals surface area (Å²) in [5.41, 5.74) is 11.2. The largest absolute Gasteiger partial charge is 0.386 e. The van der Waals surface area contributed by atoms with Crippen LogP contribution < -0.4 is 17.0 Å². The summed E-state index contributed by atoms with van der Waals surface area (Å²) in [4.78, 5) is 49.7. The van der Waals surface area contributed by atoms with Gasteiger partial charge in [-0.2, -0.15) is 4.98 Å². The van der Waals surface area contributed by atoms with Crippen LogP contribution in [0.3, 0.4) is 0 Å². The summed E-state index contributed by atoms with van der Waals surface area (Å²) in [6, 6.07) is 0. The van der Waals surface area contributed by atoms with Crippen LogP contribution >= 0.6 is 25.8 Å². The van der Waals surface area contributed by atoms with Gasteiger partial charge in [-0.15, -0.1) is 0 Å². The zero-order valence-corrected chi connectivity index (χ0v) is 25.9. The molecule has 44 heavy (non-hydrogen) atoms. The highest BCUT2D eigenvalue weighted by Crippen LogP contribution is 2.57. The van der Waals surface area contributed by atoms with E-state index in [9.17, 15) is 23.5 Å². The van der Waals surface area contributed by atoms with E-state index < -0.39 is 55.7 Å². The number of nitrogens with one attached hydrogen (secondary N) is 1. The van der Waals surface area contributed by atoms with Crippen LogP contribution in [0.1, 0.15) is 31.7 Å². The number of ether oxygens (including phenoxy) is 2. The van der Waals surface area contributed by atoms with Gasteiger partial charge in [0.15, 0.2) is 28.9 Å². The number of thiol groups is 1. The van der Waals surface area contributed by atoms with E-state index in [4.69, 9.17) is 34.5 Å². The molecule has 1 unspecified atom stereocenters. The summed E-state index contributed by atoms with van der Waals surface area (Å²) in [5.74, 6) is -0.753. The molecular formula is C21H26FN9O9P2S2. The molecule has 0 aromatic carbocycles. The fraction of sp³-hybridized carbons (Fsp3) is 0.476. The van der Waals surface area contributed by atoms with Crippen molar-refractivity contribution >= 4 is 71.5 Å². The second kappa shape index (κ2) is 12.0. The lowest BCUT2D eigenvalue weighted by Gasteiger charge is -2.24. The maximum atomic E-state index is 14.5. The molecule has 2 aliphatic heterocycles. The van der Waals surface area contributed by atoms with Crippen LogP contribution in [0.15, 0.2) is 23.6 Å². The van der Waals surface area contributed by atoms with Gasteiger partial charge in [-0.3, -0.25) is 23.4 Å². The molecule has 2 fully saturated rings. The van der Waals surface area contributed by atoms with Crippen molar-refractivity contribution in [2.24, 2.45) is 0 Å². The normalized spacial score (nSPS) is 25.7. The molecule has 6 rings (SSSR count). The SMILES string of the molecule is Nc1nc2c(ncn2[C@@H]2O[C@H](COP(O)(O)=S)C[C@H]2OP(=O)(S)OC[C@@H]2CC[C@H](n3cc(F)c4c(N)ncnc43)O2)c(=O)[nH]1. The number of halogens is 1. The van der Waals surface area contributed by atoms with Crippen LogP contribution in [-0.4, -0.2) is 75.4 Å². The smallest absolute Gasteiger partial charge is 0.383 e. The molecule has 18 nitrogen and oxygen atoms in total. The second-order valence-corrected chi connectivity index (χ2v) is 15.5. The van der Waals surface area contributed by atoms with E-state index in [1.165, 1.54) is 28.0 Å². The molecule has 0 saturated carbocycles. The molecule has 0 radical (unpaired) electrons. The van der Waals surface area contributed by atoms with E-state index >= 15 is 0 Å². The number of hydrogen-bond donors (Lipinski definition) is 6. The molecule has 0 aliphatic carbocycles. The first-order valence-corrected chi connectivity index (χ1v) is 18.3. The topological polar surface area (TPSA) is 250 Å². The number of rotatable bonds is 10. The van der Waals surface area contributed by atoms with Crippen LogP contribution in [0.5, 0.6) is 0 Å². The molecule has 0 bridgehead atoms. The fourth-order valence-electron chi connectivity index (χ4n) is 5.15. The summed E-state index contributed by atoms with van der Waals surface area (Å²) in [6.07, 6.45) is 0.641. The standard InChI is InChI=1S/C21H26FN9O9P2S2/c22-11-4-30(17-14(11)16(23)25-7-26-17)13-2-1-9(38-13)5-37-42(35,44)40-12-3-10(6-36-41(33,34)43)39-20(12)31-8-27-15-18(31)28-21(24)29-19(15)32/h4,7-10,12-13,20H,1-3,5-6H2,(H,35,44)(H2,23,25,26)(H2,33,34,43)(H3,24,28,29,32)/t9-,10-,12+,13+,20+,42?/m0/s1. The zero-order chi connectivity index (χ0) is 31.4. The Balaban J connectivity index is 1.15. The van der Waals surface area contributed by atoms with Gasteiger partial charge in [0.25, 0.3) is 5.56 Å². The van der Waals surface area contributed by atoms with Crippen molar-refractivity contribution in [3.8, 4) is 0 Å². The van der Waals surface area contributed by atoms with E-state index in [1.54, 1.807) is 0 Å². The maximum absolute atomic E-state index is 14.5. The summed E-state index contributed by atoms with van der Waals surface area (Å²) < 4.78 is 59.0. The summed E-state index contributed by atoms with van der Waals surface area (Å²) in [7, 11) is 0. The van der Waals surface area contributed by atoms with Gasteiger partial charge in [-0.25, -0.2) is 23.9 Å². The first-order chi connectivity index (χ1) is 20.8. The molecule has 2 saturated heterocycles. The second-order valence-electron chi connectivity index (χ2n) is 9.99. The molecule has 6 atom stereocenters. The van der Waals surface area contributed by atoms with Crippen LogP contribution in [0, 0.1) is 5.82 Å². The monoisotopic (exact) mass is 693 g/mol. The van der Waals surface area contributed by atoms with Crippen molar-refractivity contribution in [2.45, 2.75) is 50.0 Å². The van der Waals surface area contributed by atoms with E-state index in [-0.39, 0.29) is 53.6 Å². The first-order valence-electron chi connectivity index (χ1n) is 12.9. The number of nitrogens with zero attached hydrogens (tertiary/aromatic N) is 6. The Morgan fingerprint density at radius 1 is 1.14 bits per heavy atom. The molecule has 0 amide bonds. The lowest BCUT2D eigenvalue weighted by atomic mass is 10.2. The number of nitrogens with two attached hydrogens (primary N) is 2. The Morgan fingerprint density at radius 3 is 2.68 bits per heavy atom. The van der Waals surface area contributed by atoms with Gasteiger partial charge >= 0.3 is 13.5 Å². The van der Waals surface area contributed by atoms with Gasteiger partial charge in [-0.1, -0.05) is 12.2 Å². The molecule has 4 aromatic heterocycles. The molecular weight excluding hydrogens is 667 g/mol. The molecule has 4 aromatic rings. The zero-order valence-electron chi connectivity index (χ0n) is 22.4. The summed E-state index contributed by atoms with van der Waals surface area (Å²) in [6.45, 7) is -8.60. The van der Waals surface area contributed by atoms with Crippen LogP contribution in [0.25, 0.3) is 22.2 Å². The lowest BCUT2D eigenvalue weighted by Crippen LogP contribution is -2.23. The summed E-state index contributed by atoms with van der Waals surface area (Å²) >= 11 is 8.65.